The molecule has 0 aromatic rings. The van der Waals surface area contributed by atoms with Crippen molar-refractivity contribution >= 4 is 0 Å². The summed E-state index contributed by atoms with van der Waals surface area (Å²) < 4.78 is 33.2. The zero-order valence-corrected chi connectivity index (χ0v) is 13.2. The van der Waals surface area contributed by atoms with Crippen LogP contribution in [0.3, 0.4) is 0 Å². The van der Waals surface area contributed by atoms with Crippen molar-refractivity contribution in [2.75, 3.05) is 34.4 Å². The van der Waals surface area contributed by atoms with Gasteiger partial charge in [-0.05, 0) is 20.3 Å². The molecule has 7 nitrogen and oxygen atoms in total. The molecule has 2 fully saturated rings. The smallest absolute Gasteiger partial charge is 0.163 e. The normalized spacial score (nSPS) is 38.4. The summed E-state index contributed by atoms with van der Waals surface area (Å²) >= 11 is 0. The van der Waals surface area contributed by atoms with Gasteiger partial charge in [-0.1, -0.05) is 0 Å². The Balaban J connectivity index is 2.06. The van der Waals surface area contributed by atoms with Crippen LogP contribution in [0.2, 0.25) is 0 Å². The van der Waals surface area contributed by atoms with Gasteiger partial charge in [-0.25, -0.2) is 0 Å². The summed E-state index contributed by atoms with van der Waals surface area (Å²) in [5, 5.41) is 0. The van der Waals surface area contributed by atoms with Gasteiger partial charge in [0.2, 0.25) is 0 Å². The summed E-state index contributed by atoms with van der Waals surface area (Å²) in [6, 6.07) is -0.102. The molecule has 2 N–H and O–H groups in total. The predicted molar refractivity (Wildman–Crippen MR) is 74.5 cm³/mol. The molecule has 0 aromatic heterocycles. The third kappa shape index (κ3) is 4.13. The van der Waals surface area contributed by atoms with Crippen LogP contribution in [0.5, 0.6) is 0 Å². The van der Waals surface area contributed by atoms with E-state index < -0.39 is 5.79 Å². The van der Waals surface area contributed by atoms with E-state index in [9.17, 15) is 0 Å². The fraction of sp³-hybridized carbons (Fsp3) is 1.00. The van der Waals surface area contributed by atoms with Crippen molar-refractivity contribution in [3.05, 3.63) is 0 Å². The van der Waals surface area contributed by atoms with E-state index in [2.05, 4.69) is 0 Å². The fourth-order valence-electron chi connectivity index (χ4n) is 3.11. The second kappa shape index (κ2) is 7.32. The first-order valence-corrected chi connectivity index (χ1v) is 7.27. The molecule has 1 saturated heterocycles. The van der Waals surface area contributed by atoms with Crippen molar-refractivity contribution in [2.45, 2.75) is 50.4 Å². The van der Waals surface area contributed by atoms with Gasteiger partial charge in [0.1, 0.15) is 25.8 Å². The number of fused-ring (bicyclic) bond motifs is 1. The zero-order valence-electron chi connectivity index (χ0n) is 13.2. The third-order valence-electron chi connectivity index (χ3n) is 3.86. The maximum atomic E-state index is 6.25. The zero-order chi connectivity index (χ0) is 15.5. The van der Waals surface area contributed by atoms with Crippen molar-refractivity contribution in [3.63, 3.8) is 0 Å². The quantitative estimate of drug-likeness (QED) is 0.540. The van der Waals surface area contributed by atoms with Crippen LogP contribution < -0.4 is 5.73 Å². The maximum absolute atomic E-state index is 6.25. The maximum Gasteiger partial charge on any atom is 0.163 e. The topological polar surface area (TPSA) is 81.4 Å². The van der Waals surface area contributed by atoms with E-state index in [1.807, 2.05) is 13.8 Å². The molecule has 0 aromatic carbocycles. The van der Waals surface area contributed by atoms with E-state index in [4.69, 9.17) is 34.2 Å². The van der Waals surface area contributed by atoms with Crippen LogP contribution in [0.4, 0.5) is 0 Å². The molecule has 2 aliphatic rings. The van der Waals surface area contributed by atoms with Crippen LogP contribution >= 0.6 is 0 Å². The van der Waals surface area contributed by atoms with E-state index >= 15 is 0 Å². The Hall–Kier alpha value is -0.280. The Morgan fingerprint density at radius 2 is 1.76 bits per heavy atom. The molecule has 1 saturated carbocycles. The van der Waals surface area contributed by atoms with E-state index in [0.717, 1.165) is 6.42 Å². The molecule has 1 aliphatic carbocycles. The van der Waals surface area contributed by atoms with Gasteiger partial charge in [-0.3, -0.25) is 0 Å². The van der Waals surface area contributed by atoms with Crippen LogP contribution in [0.1, 0.15) is 20.3 Å². The highest BCUT2D eigenvalue weighted by Crippen LogP contribution is 2.40. The highest BCUT2D eigenvalue weighted by Gasteiger charge is 2.53. The van der Waals surface area contributed by atoms with Gasteiger partial charge >= 0.3 is 0 Å². The molecule has 1 heterocycles. The number of rotatable bonds is 7. The molecule has 21 heavy (non-hydrogen) atoms. The molecular formula is C14H27NO6. The second-order valence-corrected chi connectivity index (χ2v) is 6.04. The molecular weight excluding hydrogens is 278 g/mol. The average Bonchev–Trinajstić information content (AvgIpc) is 2.75. The molecule has 7 heteroatoms. The van der Waals surface area contributed by atoms with Gasteiger partial charge in [-0.15, -0.1) is 0 Å². The van der Waals surface area contributed by atoms with E-state index in [1.54, 1.807) is 14.2 Å². The SMILES string of the molecule is COCOC[C@H]1C[C@H](N)[C@@H]2OC(C)(C)O[C@H]2[C@@H]1OCOC. The van der Waals surface area contributed by atoms with E-state index in [1.165, 1.54) is 0 Å². The van der Waals surface area contributed by atoms with Crippen molar-refractivity contribution in [2.24, 2.45) is 11.7 Å². The molecule has 0 unspecified atom stereocenters. The van der Waals surface area contributed by atoms with Crippen molar-refractivity contribution in [1.82, 2.24) is 0 Å². The largest absolute Gasteiger partial charge is 0.359 e. The van der Waals surface area contributed by atoms with E-state index in [0.29, 0.717) is 6.61 Å². The van der Waals surface area contributed by atoms with Crippen LogP contribution in [0.15, 0.2) is 0 Å². The molecule has 1 aliphatic heterocycles. The fourth-order valence-corrected chi connectivity index (χ4v) is 3.11. The van der Waals surface area contributed by atoms with Crippen LogP contribution in [-0.2, 0) is 28.4 Å². The Morgan fingerprint density at radius 3 is 2.43 bits per heavy atom. The lowest BCUT2D eigenvalue weighted by molar-refractivity contribution is -0.186. The van der Waals surface area contributed by atoms with E-state index in [-0.39, 0.29) is 43.9 Å². The van der Waals surface area contributed by atoms with Crippen molar-refractivity contribution in [3.8, 4) is 0 Å². The lowest BCUT2D eigenvalue weighted by atomic mass is 9.80. The Kier molecular flexibility index (Phi) is 5.96. The summed E-state index contributed by atoms with van der Waals surface area (Å²) in [6.45, 7) is 4.74. The van der Waals surface area contributed by atoms with Crippen molar-refractivity contribution in [1.29, 1.82) is 0 Å². The third-order valence-corrected chi connectivity index (χ3v) is 3.86. The Labute approximate surface area is 125 Å². The van der Waals surface area contributed by atoms with Gasteiger partial charge < -0.3 is 34.2 Å². The monoisotopic (exact) mass is 305 g/mol. The van der Waals surface area contributed by atoms with Gasteiger partial charge in [0.25, 0.3) is 0 Å². The standard InChI is InChI=1S/C14H27NO6/c1-14(2)20-12-10(15)5-9(6-18-7-16-3)11(13(12)21-14)19-8-17-4/h9-13H,5-8,15H2,1-4H3/t9-,10+,11-,12+,13+/m1/s1. The number of methoxy groups -OCH3 is 2. The minimum Gasteiger partial charge on any atom is -0.359 e. The number of ether oxygens (including phenoxy) is 6. The molecule has 0 bridgehead atoms. The highest BCUT2D eigenvalue weighted by molar-refractivity contribution is 5.01. The van der Waals surface area contributed by atoms with Crippen molar-refractivity contribution < 1.29 is 28.4 Å². The van der Waals surface area contributed by atoms with Gasteiger partial charge in [0.15, 0.2) is 5.79 Å². The first-order valence-electron chi connectivity index (χ1n) is 7.27. The van der Waals surface area contributed by atoms with Crippen LogP contribution in [0, 0.1) is 5.92 Å². The second-order valence-electron chi connectivity index (χ2n) is 6.04. The summed E-state index contributed by atoms with van der Waals surface area (Å²) in [6.07, 6.45) is 0.197. The minimum atomic E-state index is -0.649. The van der Waals surface area contributed by atoms with Gasteiger partial charge in [-0.2, -0.15) is 0 Å². The number of nitrogens with two attached hydrogens (primary N) is 1. The molecule has 5 atom stereocenters. The van der Waals surface area contributed by atoms with Crippen LogP contribution in [-0.4, -0.2) is 64.6 Å². The first kappa shape index (κ1) is 17.1. The average molecular weight is 305 g/mol. The Morgan fingerprint density at radius 1 is 1.10 bits per heavy atom. The summed E-state index contributed by atoms with van der Waals surface area (Å²) in [7, 11) is 3.19. The van der Waals surface area contributed by atoms with Crippen LogP contribution in [0.25, 0.3) is 0 Å². The molecule has 0 amide bonds. The summed E-state index contributed by atoms with van der Waals surface area (Å²) in [5.41, 5.74) is 6.25. The lowest BCUT2D eigenvalue weighted by Gasteiger charge is -2.40. The molecule has 2 rings (SSSR count). The molecule has 0 radical (unpaired) electrons. The summed E-state index contributed by atoms with van der Waals surface area (Å²) in [5.74, 6) is -0.534. The first-order chi connectivity index (χ1) is 9.98. The number of hydrogen-bond donors (Lipinski definition) is 1. The number of hydrogen-bond acceptors (Lipinski definition) is 7. The molecule has 0 spiro atoms. The predicted octanol–water partition coefficient (Wildman–Crippen LogP) is 0.463. The lowest BCUT2D eigenvalue weighted by Crippen LogP contribution is -2.57. The minimum absolute atomic E-state index is 0.102. The summed E-state index contributed by atoms with van der Waals surface area (Å²) in [4.78, 5) is 0. The Bertz CT molecular complexity index is 327. The molecule has 124 valence electrons. The highest BCUT2D eigenvalue weighted by atomic mass is 16.8. The van der Waals surface area contributed by atoms with Gasteiger partial charge in [0, 0.05) is 26.2 Å². The van der Waals surface area contributed by atoms with Gasteiger partial charge in [0.05, 0.1) is 12.7 Å².